The monoisotopic (exact) mass is 258 g/mol. The van der Waals surface area contributed by atoms with Crippen molar-refractivity contribution in [3.63, 3.8) is 0 Å². The number of H-pyrrole nitrogens is 1. The second-order valence-electron chi connectivity index (χ2n) is 4.29. The molecule has 1 heterocycles. The molecular formula is C10H14N2O4S. The van der Waals surface area contributed by atoms with Crippen LogP contribution in [0.3, 0.4) is 0 Å². The quantitative estimate of drug-likeness (QED) is 0.682. The molecule has 0 unspecified atom stereocenters. The number of sulfonamides is 1. The highest BCUT2D eigenvalue weighted by Crippen LogP contribution is 2.32. The lowest BCUT2D eigenvalue weighted by molar-refractivity contribution is 0.110. The fourth-order valence-corrected chi connectivity index (χ4v) is 3.22. The first-order valence-electron chi connectivity index (χ1n) is 5.31. The van der Waals surface area contributed by atoms with E-state index in [9.17, 15) is 18.3 Å². The maximum absolute atomic E-state index is 12.0. The molecule has 17 heavy (non-hydrogen) atoms. The molecule has 1 saturated carbocycles. The number of aliphatic hydroxyl groups excluding tert-OH is 1. The van der Waals surface area contributed by atoms with Gasteiger partial charge in [-0.1, -0.05) is 0 Å². The Balaban J connectivity index is 2.25. The van der Waals surface area contributed by atoms with Crippen LogP contribution in [0.4, 0.5) is 0 Å². The highest BCUT2D eigenvalue weighted by Gasteiger charge is 2.40. The van der Waals surface area contributed by atoms with E-state index < -0.39 is 15.6 Å². The lowest BCUT2D eigenvalue weighted by atomic mass is 9.78. The van der Waals surface area contributed by atoms with E-state index in [4.69, 9.17) is 0 Å². The Labute approximate surface area is 98.7 Å². The number of hydrogen-bond donors (Lipinski definition) is 3. The first-order chi connectivity index (χ1) is 7.97. The third-order valence-electron chi connectivity index (χ3n) is 3.03. The van der Waals surface area contributed by atoms with Gasteiger partial charge in [0.05, 0.1) is 17.0 Å². The van der Waals surface area contributed by atoms with E-state index in [1.54, 1.807) is 0 Å². The number of aliphatic hydroxyl groups is 1. The second-order valence-corrected chi connectivity index (χ2v) is 5.97. The van der Waals surface area contributed by atoms with Crippen LogP contribution >= 0.6 is 0 Å². The smallest absolute Gasteiger partial charge is 0.247 e. The third kappa shape index (κ3) is 2.41. The van der Waals surface area contributed by atoms with Crippen molar-refractivity contribution in [2.24, 2.45) is 0 Å². The van der Waals surface area contributed by atoms with E-state index in [0.29, 0.717) is 12.8 Å². The normalized spacial score (nSPS) is 18.6. The van der Waals surface area contributed by atoms with Gasteiger partial charge in [0.15, 0.2) is 0 Å². The van der Waals surface area contributed by atoms with Crippen LogP contribution in [0.25, 0.3) is 0 Å². The average Bonchev–Trinajstić information content (AvgIpc) is 2.24. The van der Waals surface area contributed by atoms with Gasteiger partial charge in [0.25, 0.3) is 0 Å². The minimum Gasteiger partial charge on any atom is -0.394 e. The second kappa shape index (κ2) is 4.25. The zero-order chi connectivity index (χ0) is 12.5. The van der Waals surface area contributed by atoms with Gasteiger partial charge >= 0.3 is 0 Å². The van der Waals surface area contributed by atoms with Crippen LogP contribution in [-0.2, 0) is 10.0 Å². The first-order valence-corrected chi connectivity index (χ1v) is 6.79. The Bertz CT molecular complexity index is 534. The van der Waals surface area contributed by atoms with Crippen molar-refractivity contribution < 1.29 is 13.5 Å². The van der Waals surface area contributed by atoms with Crippen LogP contribution in [0.15, 0.2) is 28.0 Å². The fourth-order valence-electron chi connectivity index (χ4n) is 1.80. The molecule has 1 aliphatic rings. The average molecular weight is 258 g/mol. The Morgan fingerprint density at radius 3 is 2.53 bits per heavy atom. The minimum atomic E-state index is -3.69. The van der Waals surface area contributed by atoms with Gasteiger partial charge in [-0.3, -0.25) is 4.79 Å². The summed E-state index contributed by atoms with van der Waals surface area (Å²) in [5.74, 6) is 0. The van der Waals surface area contributed by atoms with E-state index in [-0.39, 0.29) is 17.1 Å². The van der Waals surface area contributed by atoms with E-state index in [2.05, 4.69) is 9.71 Å². The molecule has 1 aromatic rings. The zero-order valence-corrected chi connectivity index (χ0v) is 9.96. The summed E-state index contributed by atoms with van der Waals surface area (Å²) in [6, 6.07) is 2.39. The molecular weight excluding hydrogens is 244 g/mol. The Kier molecular flexibility index (Phi) is 3.07. The van der Waals surface area contributed by atoms with Crippen LogP contribution in [0.2, 0.25) is 0 Å². The summed E-state index contributed by atoms with van der Waals surface area (Å²) in [7, 11) is -3.69. The molecule has 0 aromatic carbocycles. The van der Waals surface area contributed by atoms with Gasteiger partial charge in [-0.15, -0.1) is 0 Å². The lowest BCUT2D eigenvalue weighted by Crippen LogP contribution is -2.55. The molecule has 94 valence electrons. The molecule has 0 amide bonds. The van der Waals surface area contributed by atoms with E-state index in [0.717, 1.165) is 18.7 Å². The van der Waals surface area contributed by atoms with Crippen molar-refractivity contribution in [2.45, 2.75) is 29.7 Å². The van der Waals surface area contributed by atoms with Gasteiger partial charge in [-0.2, -0.15) is 0 Å². The van der Waals surface area contributed by atoms with Crippen molar-refractivity contribution in [3.8, 4) is 0 Å². The molecule has 2 rings (SSSR count). The number of aromatic nitrogens is 1. The number of nitrogens with one attached hydrogen (secondary N) is 2. The number of hydrogen-bond acceptors (Lipinski definition) is 4. The van der Waals surface area contributed by atoms with Crippen molar-refractivity contribution >= 4 is 10.0 Å². The Hall–Kier alpha value is -1.18. The number of rotatable bonds is 4. The predicted molar refractivity (Wildman–Crippen MR) is 61.1 cm³/mol. The minimum absolute atomic E-state index is 0.00294. The number of aromatic amines is 1. The van der Waals surface area contributed by atoms with Gasteiger partial charge < -0.3 is 10.1 Å². The van der Waals surface area contributed by atoms with Crippen LogP contribution < -0.4 is 10.3 Å². The summed E-state index contributed by atoms with van der Waals surface area (Å²) in [5.41, 5.74) is -1.08. The summed E-state index contributed by atoms with van der Waals surface area (Å²) in [5, 5.41) is 9.21. The molecule has 7 heteroatoms. The SMILES string of the molecule is O=c1ccc(S(=O)(=O)NC2(CO)CCC2)c[nH]1. The summed E-state index contributed by atoms with van der Waals surface area (Å²) in [6.07, 6.45) is 3.31. The third-order valence-corrected chi connectivity index (χ3v) is 4.61. The predicted octanol–water partition coefficient (Wildman–Crippen LogP) is -0.432. The maximum atomic E-state index is 12.0. The van der Waals surface area contributed by atoms with Gasteiger partial charge in [0, 0.05) is 12.3 Å². The molecule has 3 N–H and O–H groups in total. The molecule has 0 spiro atoms. The van der Waals surface area contributed by atoms with Crippen molar-refractivity contribution in [1.82, 2.24) is 9.71 Å². The van der Waals surface area contributed by atoms with Crippen LogP contribution in [0.5, 0.6) is 0 Å². The molecule has 1 aliphatic carbocycles. The Morgan fingerprint density at radius 1 is 1.41 bits per heavy atom. The summed E-state index contributed by atoms with van der Waals surface area (Å²) < 4.78 is 26.4. The lowest BCUT2D eigenvalue weighted by Gasteiger charge is -2.40. The summed E-state index contributed by atoms with van der Waals surface area (Å²) in [4.78, 5) is 13.2. The molecule has 0 aliphatic heterocycles. The molecule has 6 nitrogen and oxygen atoms in total. The molecule has 0 bridgehead atoms. The summed E-state index contributed by atoms with van der Waals surface area (Å²) >= 11 is 0. The van der Waals surface area contributed by atoms with Crippen LogP contribution in [-0.4, -0.2) is 30.7 Å². The topological polar surface area (TPSA) is 99.3 Å². The maximum Gasteiger partial charge on any atom is 0.247 e. The van der Waals surface area contributed by atoms with Crippen molar-refractivity contribution in [2.75, 3.05) is 6.61 Å². The first kappa shape index (κ1) is 12.3. The fraction of sp³-hybridized carbons (Fsp3) is 0.500. The van der Waals surface area contributed by atoms with Gasteiger partial charge in [0.1, 0.15) is 0 Å². The van der Waals surface area contributed by atoms with E-state index in [1.807, 2.05) is 0 Å². The van der Waals surface area contributed by atoms with Gasteiger partial charge in [0.2, 0.25) is 15.6 Å². The molecule has 0 saturated heterocycles. The highest BCUT2D eigenvalue weighted by atomic mass is 32.2. The molecule has 0 radical (unpaired) electrons. The molecule has 0 atom stereocenters. The number of pyridine rings is 1. The van der Waals surface area contributed by atoms with Crippen molar-refractivity contribution in [3.05, 3.63) is 28.7 Å². The van der Waals surface area contributed by atoms with Crippen LogP contribution in [0, 0.1) is 0 Å². The Morgan fingerprint density at radius 2 is 2.12 bits per heavy atom. The van der Waals surface area contributed by atoms with Crippen molar-refractivity contribution in [1.29, 1.82) is 0 Å². The molecule has 1 aromatic heterocycles. The standard InChI is InChI=1S/C10H14N2O4S/c13-7-10(4-1-5-10)12-17(15,16)8-2-3-9(14)11-6-8/h2-3,6,12-13H,1,4-5,7H2,(H,11,14). The van der Waals surface area contributed by atoms with Gasteiger partial charge in [-0.05, 0) is 25.3 Å². The van der Waals surface area contributed by atoms with Crippen LogP contribution in [0.1, 0.15) is 19.3 Å². The largest absolute Gasteiger partial charge is 0.394 e. The molecule has 1 fully saturated rings. The zero-order valence-electron chi connectivity index (χ0n) is 9.14. The van der Waals surface area contributed by atoms with E-state index in [1.165, 1.54) is 6.07 Å². The van der Waals surface area contributed by atoms with E-state index >= 15 is 0 Å². The summed E-state index contributed by atoms with van der Waals surface area (Å²) in [6.45, 7) is -0.213. The van der Waals surface area contributed by atoms with Gasteiger partial charge in [-0.25, -0.2) is 13.1 Å². The highest BCUT2D eigenvalue weighted by molar-refractivity contribution is 7.89.